The molecule has 0 aliphatic rings. The van der Waals surface area contributed by atoms with Crippen LogP contribution in [0.2, 0.25) is 0 Å². The molecule has 0 bridgehead atoms. The van der Waals surface area contributed by atoms with Gasteiger partial charge in [-0.15, -0.1) is 0 Å². The van der Waals surface area contributed by atoms with Crippen molar-refractivity contribution in [3.8, 4) is 0 Å². The van der Waals surface area contributed by atoms with Gasteiger partial charge in [-0.05, 0) is 60.3 Å². The SMILES string of the molecule is O=C(C=Cc1ccccc1)NC(=S)Nc1ccc(NC(=O)c2ccccc2)cc1. The summed E-state index contributed by atoms with van der Waals surface area (Å²) in [5.41, 5.74) is 2.86. The second-order valence-corrected chi connectivity index (χ2v) is 6.49. The number of hydrogen-bond donors (Lipinski definition) is 3. The summed E-state index contributed by atoms with van der Waals surface area (Å²) >= 11 is 5.16. The van der Waals surface area contributed by atoms with E-state index >= 15 is 0 Å². The fourth-order valence-electron chi connectivity index (χ4n) is 2.48. The van der Waals surface area contributed by atoms with Crippen LogP contribution in [0.3, 0.4) is 0 Å². The zero-order valence-corrected chi connectivity index (χ0v) is 16.3. The van der Waals surface area contributed by atoms with Gasteiger partial charge in [0.1, 0.15) is 0 Å². The molecule has 0 fully saturated rings. The van der Waals surface area contributed by atoms with Crippen LogP contribution >= 0.6 is 12.2 Å². The Morgan fingerprint density at radius 2 is 1.28 bits per heavy atom. The van der Waals surface area contributed by atoms with Crippen molar-refractivity contribution in [3.63, 3.8) is 0 Å². The third-order valence-electron chi connectivity index (χ3n) is 3.90. The van der Waals surface area contributed by atoms with Crippen LogP contribution in [0.4, 0.5) is 11.4 Å². The van der Waals surface area contributed by atoms with E-state index in [0.29, 0.717) is 16.9 Å². The van der Waals surface area contributed by atoms with Crippen molar-refractivity contribution < 1.29 is 9.59 Å². The van der Waals surface area contributed by atoms with Gasteiger partial charge in [-0.3, -0.25) is 14.9 Å². The maximum atomic E-state index is 12.2. The molecule has 29 heavy (non-hydrogen) atoms. The van der Waals surface area contributed by atoms with Crippen molar-refractivity contribution in [3.05, 3.63) is 102 Å². The van der Waals surface area contributed by atoms with E-state index in [2.05, 4.69) is 16.0 Å². The van der Waals surface area contributed by atoms with Gasteiger partial charge >= 0.3 is 0 Å². The molecule has 0 aliphatic heterocycles. The van der Waals surface area contributed by atoms with E-state index in [1.165, 1.54) is 6.08 Å². The molecule has 0 saturated carbocycles. The number of anilines is 2. The first-order chi connectivity index (χ1) is 14.1. The first-order valence-electron chi connectivity index (χ1n) is 8.92. The molecule has 0 atom stereocenters. The fourth-order valence-corrected chi connectivity index (χ4v) is 2.70. The molecule has 0 unspecified atom stereocenters. The van der Waals surface area contributed by atoms with Gasteiger partial charge in [-0.2, -0.15) is 0 Å². The minimum absolute atomic E-state index is 0.181. The molecular weight excluding hydrogens is 382 g/mol. The third kappa shape index (κ3) is 6.41. The summed E-state index contributed by atoms with van der Waals surface area (Å²) in [6.45, 7) is 0. The highest BCUT2D eigenvalue weighted by atomic mass is 32.1. The highest BCUT2D eigenvalue weighted by Crippen LogP contribution is 2.14. The largest absolute Gasteiger partial charge is 0.332 e. The second kappa shape index (κ2) is 9.96. The van der Waals surface area contributed by atoms with Gasteiger partial charge in [0.2, 0.25) is 5.91 Å². The Labute approximate surface area is 174 Å². The zero-order valence-electron chi connectivity index (χ0n) is 15.5. The number of amides is 2. The predicted octanol–water partition coefficient (Wildman–Crippen LogP) is 4.47. The van der Waals surface area contributed by atoms with Gasteiger partial charge in [0, 0.05) is 23.0 Å². The molecule has 0 heterocycles. The summed E-state index contributed by atoms with van der Waals surface area (Å²) in [4.78, 5) is 24.1. The number of rotatable bonds is 5. The average molecular weight is 401 g/mol. The minimum Gasteiger partial charge on any atom is -0.332 e. The fraction of sp³-hybridized carbons (Fsp3) is 0. The molecule has 144 valence electrons. The molecule has 6 heteroatoms. The number of thiocarbonyl (C=S) groups is 1. The summed E-state index contributed by atoms with van der Waals surface area (Å²) in [7, 11) is 0. The van der Waals surface area contributed by atoms with Crippen LogP contribution in [0.25, 0.3) is 6.08 Å². The van der Waals surface area contributed by atoms with Gasteiger partial charge < -0.3 is 10.6 Å². The van der Waals surface area contributed by atoms with Gasteiger partial charge in [0.05, 0.1) is 0 Å². The smallest absolute Gasteiger partial charge is 0.255 e. The Balaban J connectivity index is 1.50. The number of nitrogens with one attached hydrogen (secondary N) is 3. The molecule has 0 spiro atoms. The Kier molecular flexibility index (Phi) is 6.86. The lowest BCUT2D eigenvalue weighted by atomic mass is 10.2. The third-order valence-corrected chi connectivity index (χ3v) is 4.10. The van der Waals surface area contributed by atoms with E-state index in [9.17, 15) is 9.59 Å². The van der Waals surface area contributed by atoms with Crippen molar-refractivity contribution in [2.75, 3.05) is 10.6 Å². The lowest BCUT2D eigenvalue weighted by Crippen LogP contribution is -2.32. The quantitative estimate of drug-likeness (QED) is 0.436. The van der Waals surface area contributed by atoms with Gasteiger partial charge in [0.15, 0.2) is 5.11 Å². The monoisotopic (exact) mass is 401 g/mol. The zero-order chi connectivity index (χ0) is 20.5. The van der Waals surface area contributed by atoms with Crippen LogP contribution in [-0.2, 0) is 4.79 Å². The van der Waals surface area contributed by atoms with Gasteiger partial charge in [-0.1, -0.05) is 48.5 Å². The molecule has 3 aromatic rings. The van der Waals surface area contributed by atoms with Crippen LogP contribution in [0.5, 0.6) is 0 Å². The van der Waals surface area contributed by atoms with Crippen molar-refractivity contribution in [2.45, 2.75) is 0 Å². The molecule has 3 rings (SSSR count). The maximum Gasteiger partial charge on any atom is 0.255 e. The molecule has 0 aromatic heterocycles. The molecule has 0 saturated heterocycles. The standard InChI is InChI=1S/C23H19N3O2S/c27-21(16-11-17-7-3-1-4-8-17)26-23(29)25-20-14-12-19(13-15-20)24-22(28)18-9-5-2-6-10-18/h1-16H,(H,24,28)(H2,25,26,27,29). The van der Waals surface area contributed by atoms with Gasteiger partial charge in [0.25, 0.3) is 5.91 Å². The molecule has 0 aliphatic carbocycles. The Bertz CT molecular complexity index is 1020. The van der Waals surface area contributed by atoms with E-state index < -0.39 is 0 Å². The summed E-state index contributed by atoms with van der Waals surface area (Å²) in [5.74, 6) is -0.502. The summed E-state index contributed by atoms with van der Waals surface area (Å²) in [6.07, 6.45) is 3.13. The number of benzene rings is 3. The summed E-state index contributed by atoms with van der Waals surface area (Å²) in [6, 6.07) is 25.5. The molecule has 5 nitrogen and oxygen atoms in total. The Morgan fingerprint density at radius 1 is 0.724 bits per heavy atom. The Morgan fingerprint density at radius 3 is 1.90 bits per heavy atom. The van der Waals surface area contributed by atoms with Crippen LogP contribution in [-0.4, -0.2) is 16.9 Å². The van der Waals surface area contributed by atoms with Crippen LogP contribution in [0.1, 0.15) is 15.9 Å². The van der Waals surface area contributed by atoms with Crippen LogP contribution < -0.4 is 16.0 Å². The number of carbonyl (C=O) groups is 2. The number of hydrogen-bond acceptors (Lipinski definition) is 3. The lowest BCUT2D eigenvalue weighted by Gasteiger charge is -2.10. The maximum absolute atomic E-state index is 12.2. The topological polar surface area (TPSA) is 70.2 Å². The van der Waals surface area contributed by atoms with Crippen molar-refractivity contribution >= 4 is 46.6 Å². The average Bonchev–Trinajstić information content (AvgIpc) is 2.75. The van der Waals surface area contributed by atoms with E-state index in [0.717, 1.165) is 5.56 Å². The molecular formula is C23H19N3O2S. The van der Waals surface area contributed by atoms with Gasteiger partial charge in [-0.25, -0.2) is 0 Å². The minimum atomic E-state index is -0.321. The van der Waals surface area contributed by atoms with Crippen molar-refractivity contribution in [2.24, 2.45) is 0 Å². The van der Waals surface area contributed by atoms with E-state index in [-0.39, 0.29) is 16.9 Å². The van der Waals surface area contributed by atoms with E-state index in [1.807, 2.05) is 48.5 Å². The Hall–Kier alpha value is -3.77. The highest BCUT2D eigenvalue weighted by molar-refractivity contribution is 7.80. The van der Waals surface area contributed by atoms with Crippen LogP contribution in [0.15, 0.2) is 91.0 Å². The molecule has 0 radical (unpaired) electrons. The molecule has 2 amide bonds. The van der Waals surface area contributed by atoms with E-state index in [4.69, 9.17) is 12.2 Å². The van der Waals surface area contributed by atoms with E-state index in [1.54, 1.807) is 42.5 Å². The second-order valence-electron chi connectivity index (χ2n) is 6.08. The van der Waals surface area contributed by atoms with Crippen molar-refractivity contribution in [1.82, 2.24) is 5.32 Å². The lowest BCUT2D eigenvalue weighted by molar-refractivity contribution is -0.115. The predicted molar refractivity (Wildman–Crippen MR) is 121 cm³/mol. The van der Waals surface area contributed by atoms with Crippen LogP contribution in [0, 0.1) is 0 Å². The first-order valence-corrected chi connectivity index (χ1v) is 9.32. The first kappa shape index (κ1) is 20.0. The summed E-state index contributed by atoms with van der Waals surface area (Å²) < 4.78 is 0. The summed E-state index contributed by atoms with van der Waals surface area (Å²) in [5, 5.41) is 8.54. The van der Waals surface area contributed by atoms with Crippen molar-refractivity contribution in [1.29, 1.82) is 0 Å². The number of carbonyl (C=O) groups excluding carboxylic acids is 2. The normalized spacial score (nSPS) is 10.3. The molecule has 3 N–H and O–H groups in total. The molecule has 3 aromatic carbocycles. The highest BCUT2D eigenvalue weighted by Gasteiger charge is 2.06.